The second kappa shape index (κ2) is 2.95. The van der Waals surface area contributed by atoms with Crippen molar-refractivity contribution in [2.75, 3.05) is 0 Å². The monoisotopic (exact) mass is 125 g/mol. The summed E-state index contributed by atoms with van der Waals surface area (Å²) in [5.41, 5.74) is -0.171. The highest BCUT2D eigenvalue weighted by molar-refractivity contribution is 6.24. The molecule has 0 aliphatic heterocycles. The van der Waals surface area contributed by atoms with E-state index in [1.165, 1.54) is 13.8 Å². The molecule has 0 rings (SSSR count). The van der Waals surface area contributed by atoms with Gasteiger partial charge in [-0.25, -0.2) is 0 Å². The number of hydrogen-bond acceptors (Lipinski definition) is 3. The van der Waals surface area contributed by atoms with Gasteiger partial charge in [-0.2, -0.15) is 0 Å². The molecule has 0 aliphatic rings. The van der Waals surface area contributed by atoms with Gasteiger partial charge in [-0.1, -0.05) is 0 Å². The molecule has 0 spiro atoms. The number of allylic oxidation sites excluding steroid dienone is 1. The van der Waals surface area contributed by atoms with Gasteiger partial charge in [-0.3, -0.25) is 15.0 Å². The van der Waals surface area contributed by atoms with Crippen molar-refractivity contribution < 1.29 is 9.59 Å². The zero-order valence-corrected chi connectivity index (χ0v) is 5.32. The maximum Gasteiger partial charge on any atom is 0.172 e. The van der Waals surface area contributed by atoms with Crippen molar-refractivity contribution in [1.29, 1.82) is 5.41 Å². The Morgan fingerprint density at radius 2 is 1.56 bits per heavy atom. The average Bonchev–Trinajstić information content (AvgIpc) is 1.64. The average molecular weight is 125 g/mol. The van der Waals surface area contributed by atoms with Crippen molar-refractivity contribution in [3.05, 3.63) is 5.57 Å². The van der Waals surface area contributed by atoms with E-state index in [1.54, 1.807) is 5.87 Å². The number of nitrogens with one attached hydrogen (secondary N) is 1. The molecule has 1 N–H and O–H groups in total. The van der Waals surface area contributed by atoms with E-state index >= 15 is 0 Å². The first-order chi connectivity index (χ1) is 4.09. The molecule has 0 aliphatic carbocycles. The highest BCUT2D eigenvalue weighted by atomic mass is 16.1. The van der Waals surface area contributed by atoms with Gasteiger partial charge in [-0.05, 0) is 19.7 Å². The second-order valence-corrected chi connectivity index (χ2v) is 1.61. The van der Waals surface area contributed by atoms with E-state index in [0.717, 1.165) is 0 Å². The minimum Gasteiger partial charge on any atom is -0.294 e. The molecule has 0 aromatic rings. The largest absolute Gasteiger partial charge is 0.294 e. The molecule has 3 heteroatoms. The predicted molar refractivity (Wildman–Crippen MR) is 32.6 cm³/mol. The summed E-state index contributed by atoms with van der Waals surface area (Å²) in [7, 11) is 0. The third-order valence-corrected chi connectivity index (χ3v) is 0.829. The quantitative estimate of drug-likeness (QED) is 0.250. The van der Waals surface area contributed by atoms with E-state index in [9.17, 15) is 9.59 Å². The fourth-order valence-electron chi connectivity index (χ4n) is 0.424. The van der Waals surface area contributed by atoms with Crippen LogP contribution in [0.1, 0.15) is 13.8 Å². The Hall–Kier alpha value is -1.21. The summed E-state index contributed by atoms with van der Waals surface area (Å²) in [4.78, 5) is 20.8. The van der Waals surface area contributed by atoms with Gasteiger partial charge < -0.3 is 0 Å². The highest BCUT2D eigenvalue weighted by Crippen LogP contribution is 1.90. The van der Waals surface area contributed by atoms with E-state index < -0.39 is 11.6 Å². The Labute approximate surface area is 52.9 Å². The first-order valence-corrected chi connectivity index (χ1v) is 2.41. The van der Waals surface area contributed by atoms with Crippen LogP contribution in [0.4, 0.5) is 0 Å². The van der Waals surface area contributed by atoms with Crippen molar-refractivity contribution in [3.8, 4) is 0 Å². The zero-order valence-electron chi connectivity index (χ0n) is 5.32. The first kappa shape index (κ1) is 7.79. The molecule has 0 amide bonds. The lowest BCUT2D eigenvalue weighted by Gasteiger charge is -1.87. The van der Waals surface area contributed by atoms with Gasteiger partial charge in [-0.15, -0.1) is 0 Å². The van der Waals surface area contributed by atoms with E-state index in [-0.39, 0.29) is 5.57 Å². The molecule has 3 nitrogen and oxygen atoms in total. The Balaban J connectivity index is 4.59. The maximum atomic E-state index is 10.4. The normalized spacial score (nSPS) is 7.78. The van der Waals surface area contributed by atoms with Crippen LogP contribution in [0.15, 0.2) is 5.57 Å². The van der Waals surface area contributed by atoms with E-state index in [4.69, 9.17) is 5.41 Å². The Kier molecular flexibility index (Phi) is 2.55. The molecule has 9 heavy (non-hydrogen) atoms. The SMILES string of the molecule is CC(=O)C(=C=N)C(C)=O. The van der Waals surface area contributed by atoms with Crippen LogP contribution in [0, 0.1) is 5.41 Å². The van der Waals surface area contributed by atoms with Gasteiger partial charge in [0, 0.05) is 0 Å². The molecule has 0 bridgehead atoms. The minimum absolute atomic E-state index is 0.171. The van der Waals surface area contributed by atoms with Gasteiger partial charge >= 0.3 is 0 Å². The fourth-order valence-corrected chi connectivity index (χ4v) is 0.424. The maximum absolute atomic E-state index is 10.4. The summed E-state index contributed by atoms with van der Waals surface area (Å²) in [6.07, 6.45) is 0. The molecule has 0 unspecified atom stereocenters. The van der Waals surface area contributed by atoms with Crippen molar-refractivity contribution in [1.82, 2.24) is 0 Å². The van der Waals surface area contributed by atoms with Gasteiger partial charge in [0.25, 0.3) is 0 Å². The summed E-state index contributed by atoms with van der Waals surface area (Å²) in [6, 6.07) is 0. The van der Waals surface area contributed by atoms with Crippen molar-refractivity contribution in [2.45, 2.75) is 13.8 Å². The van der Waals surface area contributed by atoms with Crippen LogP contribution < -0.4 is 0 Å². The van der Waals surface area contributed by atoms with E-state index in [0.29, 0.717) is 0 Å². The third-order valence-electron chi connectivity index (χ3n) is 0.829. The molecular weight excluding hydrogens is 118 g/mol. The number of ketones is 2. The van der Waals surface area contributed by atoms with Crippen LogP contribution >= 0.6 is 0 Å². The molecular formula is C6H7NO2. The van der Waals surface area contributed by atoms with Gasteiger partial charge in [0.05, 0.1) is 0 Å². The fraction of sp³-hybridized carbons (Fsp3) is 0.333. The Morgan fingerprint density at radius 1 is 1.22 bits per heavy atom. The smallest absolute Gasteiger partial charge is 0.172 e. The number of rotatable bonds is 2. The van der Waals surface area contributed by atoms with Crippen LogP contribution in [0.25, 0.3) is 0 Å². The number of carbonyl (C=O) groups excluding carboxylic acids is 2. The summed E-state index contributed by atoms with van der Waals surface area (Å²) in [5, 5.41) is 6.49. The lowest BCUT2D eigenvalue weighted by Crippen LogP contribution is -2.05. The summed E-state index contributed by atoms with van der Waals surface area (Å²) >= 11 is 0. The molecule has 0 heterocycles. The Bertz CT molecular complexity index is 183. The minimum atomic E-state index is -0.405. The van der Waals surface area contributed by atoms with E-state index in [2.05, 4.69) is 0 Å². The molecule has 0 saturated carbocycles. The molecule has 0 aromatic heterocycles. The third kappa shape index (κ3) is 2.02. The lowest BCUT2D eigenvalue weighted by atomic mass is 10.1. The van der Waals surface area contributed by atoms with Crippen LogP contribution in [-0.2, 0) is 9.59 Å². The molecule has 0 saturated heterocycles. The van der Waals surface area contributed by atoms with Gasteiger partial charge in [0.1, 0.15) is 5.57 Å². The Morgan fingerprint density at radius 3 is 1.56 bits per heavy atom. The molecule has 48 valence electrons. The van der Waals surface area contributed by atoms with Crippen molar-refractivity contribution >= 4 is 17.4 Å². The summed E-state index contributed by atoms with van der Waals surface area (Å²) < 4.78 is 0. The van der Waals surface area contributed by atoms with Crippen molar-refractivity contribution in [2.24, 2.45) is 0 Å². The number of hydrogen-bond donors (Lipinski definition) is 1. The molecule has 0 atom stereocenters. The van der Waals surface area contributed by atoms with Crippen LogP contribution in [0.5, 0.6) is 0 Å². The van der Waals surface area contributed by atoms with Crippen LogP contribution in [-0.4, -0.2) is 17.4 Å². The molecule has 0 fully saturated rings. The molecule has 0 radical (unpaired) electrons. The zero-order chi connectivity index (χ0) is 7.44. The van der Waals surface area contributed by atoms with Crippen molar-refractivity contribution in [3.63, 3.8) is 0 Å². The number of Topliss-reactive ketones (excluding diaryl/α,β-unsaturated/α-hetero) is 2. The number of carbonyl (C=O) groups is 2. The lowest BCUT2D eigenvalue weighted by molar-refractivity contribution is -0.119. The second-order valence-electron chi connectivity index (χ2n) is 1.61. The van der Waals surface area contributed by atoms with Gasteiger partial charge in [0.15, 0.2) is 11.6 Å². The highest BCUT2D eigenvalue weighted by Gasteiger charge is 2.07. The first-order valence-electron chi connectivity index (χ1n) is 2.41. The standard InChI is InChI=1S/C6H7NO2/c1-4(8)6(3-7)5(2)9/h7H,1-2H3. The van der Waals surface area contributed by atoms with Crippen LogP contribution in [0.2, 0.25) is 0 Å². The predicted octanol–water partition coefficient (Wildman–Crippen LogP) is 0.339. The topological polar surface area (TPSA) is 58.0 Å². The van der Waals surface area contributed by atoms with Gasteiger partial charge in [0.2, 0.25) is 0 Å². The summed E-state index contributed by atoms with van der Waals surface area (Å²) in [5.74, 6) is 0.958. The van der Waals surface area contributed by atoms with Crippen LogP contribution in [0.3, 0.4) is 0 Å². The van der Waals surface area contributed by atoms with E-state index in [1.807, 2.05) is 0 Å². The summed E-state index contributed by atoms with van der Waals surface area (Å²) in [6.45, 7) is 2.47. The molecule has 0 aromatic carbocycles.